The van der Waals surface area contributed by atoms with Crippen LogP contribution < -0.4 is 43.4 Å². The van der Waals surface area contributed by atoms with Crippen LogP contribution in [0.2, 0.25) is 0 Å². The smallest absolute Gasteiger partial charge is 0.325 e. The molecule has 0 aliphatic rings. The first-order chi connectivity index (χ1) is 29.0. The summed E-state index contributed by atoms with van der Waals surface area (Å²) in [7, 11) is 0. The van der Waals surface area contributed by atoms with E-state index >= 15 is 0 Å². The van der Waals surface area contributed by atoms with Crippen LogP contribution in [-0.2, 0) is 51.2 Å². The third-order valence-electron chi connectivity index (χ3n) is 8.33. The normalized spacial score (nSPS) is 12.2. The highest BCUT2D eigenvalue weighted by molar-refractivity contribution is 7.28. The second-order valence-electron chi connectivity index (χ2n) is 13.3. The van der Waals surface area contributed by atoms with Gasteiger partial charge in [-0.05, 0) is 75.2 Å². The van der Waals surface area contributed by atoms with Crippen molar-refractivity contribution in [1.82, 2.24) is 31.9 Å². The summed E-state index contributed by atoms with van der Waals surface area (Å²) in [6.45, 7) is 1.52. The molecule has 0 saturated heterocycles. The predicted molar refractivity (Wildman–Crippen MR) is 233 cm³/mol. The van der Waals surface area contributed by atoms with Crippen molar-refractivity contribution in [2.24, 2.45) is 16.5 Å². The number of rotatable bonds is 23. The Morgan fingerprint density at radius 1 is 0.574 bits per heavy atom. The fourth-order valence-electron chi connectivity index (χ4n) is 5.31. The van der Waals surface area contributed by atoms with Gasteiger partial charge in [-0.2, -0.15) is 0 Å². The van der Waals surface area contributed by atoms with E-state index in [1.807, 2.05) is 48.5 Å². The number of amides is 6. The van der Waals surface area contributed by atoms with E-state index in [-0.39, 0.29) is 37.7 Å². The number of carbonyl (C=O) groups excluding carboxylic acids is 6. The molecule has 61 heavy (non-hydrogen) atoms. The minimum Gasteiger partial charge on any atom is -0.480 e. The molecule has 23 heteroatoms. The van der Waals surface area contributed by atoms with Gasteiger partial charge < -0.3 is 53.6 Å². The largest absolute Gasteiger partial charge is 0.480 e. The Labute approximate surface area is 365 Å². The van der Waals surface area contributed by atoms with E-state index in [2.05, 4.69) is 36.9 Å². The number of thiophene rings is 4. The number of carboxylic acid groups (broad SMARTS) is 2. The first-order valence-corrected chi connectivity index (χ1v) is 21.8. The van der Waals surface area contributed by atoms with Gasteiger partial charge in [-0.3, -0.25) is 43.3 Å². The molecule has 0 unspecified atom stereocenters. The van der Waals surface area contributed by atoms with Gasteiger partial charge in [0.1, 0.15) is 24.7 Å². The summed E-state index contributed by atoms with van der Waals surface area (Å²) in [5, 5.41) is 32.1. The maximum absolute atomic E-state index is 13.1. The molecule has 3 atom stereocenters. The minimum absolute atomic E-state index is 0.00194. The highest BCUT2D eigenvalue weighted by Crippen LogP contribution is 2.43. The van der Waals surface area contributed by atoms with Crippen LogP contribution in [0.3, 0.4) is 0 Å². The van der Waals surface area contributed by atoms with Gasteiger partial charge in [0.2, 0.25) is 35.4 Å². The van der Waals surface area contributed by atoms with Crippen molar-refractivity contribution in [3.05, 3.63) is 58.3 Å². The molecular formula is C38H45N9O10S4. The van der Waals surface area contributed by atoms with Gasteiger partial charge in [0.05, 0.1) is 25.9 Å². The Bertz CT molecular complexity index is 2260. The van der Waals surface area contributed by atoms with E-state index in [1.165, 1.54) is 36.5 Å². The van der Waals surface area contributed by atoms with Crippen molar-refractivity contribution in [1.29, 1.82) is 0 Å². The average molecular weight is 916 g/mol. The topological polar surface area (TPSA) is 314 Å². The van der Waals surface area contributed by atoms with E-state index in [0.29, 0.717) is 6.42 Å². The average Bonchev–Trinajstić information content (AvgIpc) is 4.04. The summed E-state index contributed by atoms with van der Waals surface area (Å²) >= 11 is 6.10. The molecule has 4 rings (SSSR count). The number of guanidine groups is 1. The molecule has 0 aliphatic heterocycles. The second kappa shape index (κ2) is 23.0. The van der Waals surface area contributed by atoms with Crippen LogP contribution >= 0.6 is 45.3 Å². The molecule has 0 radical (unpaired) electrons. The van der Waals surface area contributed by atoms with Gasteiger partial charge in [0.15, 0.2) is 5.96 Å². The van der Waals surface area contributed by atoms with E-state index in [0.717, 1.165) is 39.0 Å². The molecule has 0 bridgehead atoms. The maximum Gasteiger partial charge on any atom is 0.325 e. The molecule has 4 aromatic heterocycles. The number of carboxylic acids is 2. The molecule has 4 heterocycles. The third-order valence-corrected chi connectivity index (χ3v) is 13.3. The van der Waals surface area contributed by atoms with Crippen LogP contribution in [0.5, 0.6) is 0 Å². The lowest BCUT2D eigenvalue weighted by atomic mass is 10.1. The Morgan fingerprint density at radius 3 is 1.54 bits per heavy atom. The summed E-state index contributed by atoms with van der Waals surface area (Å²) in [6.07, 6.45) is 0.584. The molecule has 12 N–H and O–H groups in total. The lowest BCUT2D eigenvalue weighted by Gasteiger charge is -2.18. The fourth-order valence-corrected chi connectivity index (χ4v) is 9.61. The van der Waals surface area contributed by atoms with Gasteiger partial charge in [-0.25, -0.2) is 0 Å². The summed E-state index contributed by atoms with van der Waals surface area (Å²) < 4.78 is 0. The molecule has 0 spiro atoms. The van der Waals surface area contributed by atoms with E-state index in [4.69, 9.17) is 21.7 Å². The molecule has 4 aromatic rings. The van der Waals surface area contributed by atoms with Crippen LogP contribution in [0.4, 0.5) is 0 Å². The summed E-state index contributed by atoms with van der Waals surface area (Å²) in [5.74, 6) is -5.91. The lowest BCUT2D eigenvalue weighted by molar-refractivity contribution is -0.141. The summed E-state index contributed by atoms with van der Waals surface area (Å²) in [6, 6.07) is 12.6. The van der Waals surface area contributed by atoms with Crippen molar-refractivity contribution in [3.63, 3.8) is 0 Å². The molecular weight excluding hydrogens is 871 g/mol. The number of hydrogen-bond donors (Lipinski definition) is 10. The Morgan fingerprint density at radius 2 is 1.03 bits per heavy atom. The number of aliphatic imine (C=N–C) groups is 1. The quantitative estimate of drug-likeness (QED) is 0.0284. The van der Waals surface area contributed by atoms with Gasteiger partial charge in [0, 0.05) is 45.6 Å². The van der Waals surface area contributed by atoms with E-state index in [1.54, 1.807) is 22.7 Å². The highest BCUT2D eigenvalue weighted by Gasteiger charge is 2.23. The number of nitrogens with zero attached hydrogens (tertiary/aromatic N) is 1. The number of hydrogen-bond acceptors (Lipinski definition) is 13. The molecule has 0 aliphatic carbocycles. The zero-order valence-corrected chi connectivity index (χ0v) is 36.2. The monoisotopic (exact) mass is 915 g/mol. The van der Waals surface area contributed by atoms with Crippen molar-refractivity contribution < 1.29 is 48.6 Å². The first kappa shape index (κ1) is 47.5. The molecule has 326 valence electrons. The minimum atomic E-state index is -1.23. The van der Waals surface area contributed by atoms with Gasteiger partial charge in [-0.15, -0.1) is 45.3 Å². The standard InChI is InChI=1S/C38H45N9O10S4/c1-19(35(54)43-16-32(50)42-18-34(52)53)45-30(48)14-21-5-7-24(58-21)26-9-11-28(60-26)29-12-10-27(61-29)25-8-6-22(59-25)15-31(49)47-23(4-3-13-41-38(39)40)36(55)44-17-33(51)46-20(2)37(56)57/h5-12,19-20,23H,3-4,13-18H2,1-2H3,(H,42,50)(H,43,54)(H,44,55)(H,45,48)(H,46,51)(H,47,49)(H,52,53)(H,56,57)(H4,39,40,41)/t19-,20-,23-/m0/s1. The fraction of sp³-hybridized carbons (Fsp3) is 0.342. The zero-order chi connectivity index (χ0) is 44.6. The predicted octanol–water partition coefficient (Wildman–Crippen LogP) is 1.08. The Hall–Kier alpha value is -6.17. The van der Waals surface area contributed by atoms with Crippen LogP contribution in [0.1, 0.15) is 36.4 Å². The van der Waals surface area contributed by atoms with Crippen LogP contribution in [0.15, 0.2) is 53.5 Å². The summed E-state index contributed by atoms with van der Waals surface area (Å²) in [5.41, 5.74) is 10.8. The number of carbonyl (C=O) groups is 8. The van der Waals surface area contributed by atoms with Crippen LogP contribution in [0, 0.1) is 0 Å². The first-order valence-electron chi connectivity index (χ1n) is 18.6. The molecule has 0 fully saturated rings. The molecule has 0 aromatic carbocycles. The van der Waals surface area contributed by atoms with Crippen molar-refractivity contribution >= 4 is 98.7 Å². The van der Waals surface area contributed by atoms with Crippen molar-refractivity contribution in [3.8, 4) is 29.3 Å². The van der Waals surface area contributed by atoms with Crippen molar-refractivity contribution in [2.75, 3.05) is 26.2 Å². The Kier molecular flexibility index (Phi) is 17.9. The van der Waals surface area contributed by atoms with Crippen LogP contribution in [0.25, 0.3) is 29.3 Å². The van der Waals surface area contributed by atoms with Crippen molar-refractivity contribution in [2.45, 2.75) is 57.7 Å². The third kappa shape index (κ3) is 15.7. The number of aliphatic carboxylic acids is 2. The lowest BCUT2D eigenvalue weighted by Crippen LogP contribution is -2.50. The maximum atomic E-state index is 13.1. The zero-order valence-electron chi connectivity index (χ0n) is 32.9. The molecule has 0 saturated carbocycles. The number of nitrogens with one attached hydrogen (secondary N) is 6. The molecule has 19 nitrogen and oxygen atoms in total. The van der Waals surface area contributed by atoms with Gasteiger partial charge in [0.25, 0.3) is 0 Å². The van der Waals surface area contributed by atoms with E-state index < -0.39 is 79.2 Å². The van der Waals surface area contributed by atoms with Gasteiger partial charge >= 0.3 is 11.9 Å². The SMILES string of the molecule is C[C@H](NC(=O)CNC(=O)[C@H](CCCN=C(N)N)NC(=O)Cc1ccc(-c2ccc(-c3ccc(-c4ccc(CC(=O)N[C@@H](C)C(=O)NCC(=O)NCC(=O)O)s4)s3)s2)s1)C(=O)O. The van der Waals surface area contributed by atoms with E-state index in [9.17, 15) is 38.4 Å². The van der Waals surface area contributed by atoms with Crippen LogP contribution in [-0.4, -0.2) is 108 Å². The summed E-state index contributed by atoms with van der Waals surface area (Å²) in [4.78, 5) is 108. The Balaban J connectivity index is 1.29. The van der Waals surface area contributed by atoms with Gasteiger partial charge in [-0.1, -0.05) is 0 Å². The second-order valence-corrected chi connectivity index (χ2v) is 17.8. The molecule has 6 amide bonds. The number of nitrogens with two attached hydrogens (primary N) is 2. The highest BCUT2D eigenvalue weighted by atomic mass is 32.1.